The molecular weight excluding hydrogens is 320 g/mol. The van der Waals surface area contributed by atoms with E-state index in [9.17, 15) is 5.11 Å². The maximum atomic E-state index is 9.29. The normalized spacial score (nSPS) is 10.8. The Bertz CT molecular complexity index is 1030. The number of anilines is 2. The van der Waals surface area contributed by atoms with Crippen LogP contribution in [0.3, 0.4) is 0 Å². The molecule has 2 N–H and O–H groups in total. The standard InChI is InChI=1S/C17H14N6O2/c1-23-7-6-15(22-23)21-17-13-8-12(3-4-14(13)19-10-20-17)25-16-5-2-11(24)9-18-16/h2-10,24H,1H3,(H,19,20,21,22). The number of hydrogen-bond donors (Lipinski definition) is 2. The zero-order valence-electron chi connectivity index (χ0n) is 13.3. The minimum absolute atomic E-state index is 0.0844. The van der Waals surface area contributed by atoms with Gasteiger partial charge in [-0.1, -0.05) is 0 Å². The number of benzene rings is 1. The topological polar surface area (TPSA) is 98.0 Å². The number of ether oxygens (including phenoxy) is 1. The molecule has 0 fully saturated rings. The van der Waals surface area contributed by atoms with Crippen molar-refractivity contribution in [2.24, 2.45) is 7.05 Å². The molecule has 0 radical (unpaired) electrons. The van der Waals surface area contributed by atoms with Crippen LogP contribution < -0.4 is 10.1 Å². The van der Waals surface area contributed by atoms with Crippen LogP contribution in [-0.2, 0) is 7.05 Å². The summed E-state index contributed by atoms with van der Waals surface area (Å²) in [5.41, 5.74) is 0.777. The van der Waals surface area contributed by atoms with Crippen molar-refractivity contribution in [1.82, 2.24) is 24.7 Å². The highest BCUT2D eigenvalue weighted by Crippen LogP contribution is 2.28. The van der Waals surface area contributed by atoms with E-state index in [0.29, 0.717) is 23.3 Å². The SMILES string of the molecule is Cn1ccc(Nc2ncnc3ccc(Oc4ccc(O)cn4)cc23)n1. The van der Waals surface area contributed by atoms with Crippen LogP contribution in [0.15, 0.2) is 55.1 Å². The third-order valence-electron chi connectivity index (χ3n) is 3.51. The lowest BCUT2D eigenvalue weighted by atomic mass is 10.2. The number of nitrogens with zero attached hydrogens (tertiary/aromatic N) is 5. The van der Waals surface area contributed by atoms with E-state index in [4.69, 9.17) is 4.74 Å². The summed E-state index contributed by atoms with van der Waals surface area (Å²) >= 11 is 0. The van der Waals surface area contributed by atoms with Crippen LogP contribution in [0, 0.1) is 0 Å². The van der Waals surface area contributed by atoms with Crippen molar-refractivity contribution in [2.75, 3.05) is 5.32 Å². The summed E-state index contributed by atoms with van der Waals surface area (Å²) in [6.07, 6.45) is 4.67. The van der Waals surface area contributed by atoms with Gasteiger partial charge in [-0.3, -0.25) is 4.68 Å². The number of aromatic hydroxyl groups is 1. The Kier molecular flexibility index (Phi) is 3.62. The van der Waals surface area contributed by atoms with E-state index in [0.717, 1.165) is 10.9 Å². The third kappa shape index (κ3) is 3.18. The molecule has 124 valence electrons. The van der Waals surface area contributed by atoms with E-state index in [-0.39, 0.29) is 5.75 Å². The van der Waals surface area contributed by atoms with Crippen molar-refractivity contribution in [3.63, 3.8) is 0 Å². The molecule has 0 saturated carbocycles. The van der Waals surface area contributed by atoms with Crippen LogP contribution in [0.4, 0.5) is 11.6 Å². The Balaban J connectivity index is 1.68. The molecule has 25 heavy (non-hydrogen) atoms. The molecule has 0 atom stereocenters. The van der Waals surface area contributed by atoms with Crippen molar-refractivity contribution in [1.29, 1.82) is 0 Å². The Morgan fingerprint density at radius 2 is 2.00 bits per heavy atom. The predicted molar refractivity (Wildman–Crippen MR) is 92.0 cm³/mol. The minimum atomic E-state index is 0.0844. The van der Waals surface area contributed by atoms with Crippen molar-refractivity contribution in [3.8, 4) is 17.4 Å². The monoisotopic (exact) mass is 334 g/mol. The molecule has 0 bridgehead atoms. The number of aryl methyl sites for hydroxylation is 1. The number of fused-ring (bicyclic) bond motifs is 1. The summed E-state index contributed by atoms with van der Waals surface area (Å²) in [4.78, 5) is 12.6. The van der Waals surface area contributed by atoms with Crippen LogP contribution in [-0.4, -0.2) is 29.8 Å². The fourth-order valence-electron chi connectivity index (χ4n) is 2.36. The Morgan fingerprint density at radius 3 is 2.76 bits per heavy atom. The molecule has 4 aromatic rings. The highest BCUT2D eigenvalue weighted by Gasteiger charge is 2.08. The summed E-state index contributed by atoms with van der Waals surface area (Å²) in [6.45, 7) is 0. The van der Waals surface area contributed by atoms with Gasteiger partial charge in [0.2, 0.25) is 5.88 Å². The van der Waals surface area contributed by atoms with Crippen LogP contribution in [0.2, 0.25) is 0 Å². The smallest absolute Gasteiger partial charge is 0.219 e. The summed E-state index contributed by atoms with van der Waals surface area (Å²) < 4.78 is 7.43. The predicted octanol–water partition coefficient (Wildman–Crippen LogP) is 3.00. The van der Waals surface area contributed by atoms with Crippen molar-refractivity contribution in [3.05, 3.63) is 55.1 Å². The molecule has 3 aromatic heterocycles. The fraction of sp³-hybridized carbons (Fsp3) is 0.0588. The molecule has 0 amide bonds. The molecule has 0 saturated heterocycles. The first-order valence-corrected chi connectivity index (χ1v) is 7.52. The third-order valence-corrected chi connectivity index (χ3v) is 3.51. The van der Waals surface area contributed by atoms with Gasteiger partial charge in [0.25, 0.3) is 0 Å². The highest BCUT2D eigenvalue weighted by molar-refractivity contribution is 5.91. The van der Waals surface area contributed by atoms with Crippen molar-refractivity contribution < 1.29 is 9.84 Å². The average Bonchev–Trinajstić information content (AvgIpc) is 3.02. The molecule has 8 nitrogen and oxygen atoms in total. The van der Waals surface area contributed by atoms with E-state index in [1.807, 2.05) is 31.4 Å². The molecule has 0 aliphatic heterocycles. The fourth-order valence-corrected chi connectivity index (χ4v) is 2.36. The Hall–Kier alpha value is -3.68. The van der Waals surface area contributed by atoms with Crippen LogP contribution in [0.25, 0.3) is 10.9 Å². The second kappa shape index (κ2) is 6.08. The van der Waals surface area contributed by atoms with Gasteiger partial charge in [-0.05, 0) is 24.3 Å². The Morgan fingerprint density at radius 1 is 1.08 bits per heavy atom. The van der Waals surface area contributed by atoms with Gasteiger partial charge < -0.3 is 15.2 Å². The van der Waals surface area contributed by atoms with E-state index in [2.05, 4.69) is 25.4 Å². The van der Waals surface area contributed by atoms with E-state index >= 15 is 0 Å². The van der Waals surface area contributed by atoms with Gasteiger partial charge in [0, 0.05) is 30.8 Å². The van der Waals surface area contributed by atoms with Crippen LogP contribution in [0.1, 0.15) is 0 Å². The number of rotatable bonds is 4. The molecule has 0 unspecified atom stereocenters. The first-order valence-electron chi connectivity index (χ1n) is 7.52. The second-order valence-corrected chi connectivity index (χ2v) is 5.36. The van der Waals surface area contributed by atoms with E-state index in [1.54, 1.807) is 16.8 Å². The molecule has 4 rings (SSSR count). The van der Waals surface area contributed by atoms with Gasteiger partial charge in [-0.25, -0.2) is 15.0 Å². The first kappa shape index (κ1) is 14.9. The quantitative estimate of drug-likeness (QED) is 0.592. The number of nitrogens with one attached hydrogen (secondary N) is 1. The molecular formula is C17H14N6O2. The summed E-state index contributed by atoms with van der Waals surface area (Å²) in [5, 5.41) is 17.6. The zero-order valence-corrected chi connectivity index (χ0v) is 13.3. The average molecular weight is 334 g/mol. The second-order valence-electron chi connectivity index (χ2n) is 5.36. The zero-order chi connectivity index (χ0) is 17.2. The van der Waals surface area contributed by atoms with Gasteiger partial charge in [0.15, 0.2) is 5.82 Å². The largest absolute Gasteiger partial charge is 0.506 e. The molecule has 3 heterocycles. The lowest BCUT2D eigenvalue weighted by molar-refractivity contribution is 0.448. The van der Waals surface area contributed by atoms with Gasteiger partial charge >= 0.3 is 0 Å². The summed E-state index contributed by atoms with van der Waals surface area (Å²) in [7, 11) is 1.85. The summed E-state index contributed by atoms with van der Waals surface area (Å²) in [6, 6.07) is 10.4. The lowest BCUT2D eigenvalue weighted by Crippen LogP contribution is -1.98. The van der Waals surface area contributed by atoms with E-state index < -0.39 is 0 Å². The number of pyridine rings is 1. The molecule has 8 heteroatoms. The van der Waals surface area contributed by atoms with Crippen LogP contribution >= 0.6 is 0 Å². The Labute approximate surface area is 142 Å². The molecule has 0 spiro atoms. The maximum Gasteiger partial charge on any atom is 0.219 e. The van der Waals surface area contributed by atoms with Gasteiger partial charge in [0.1, 0.15) is 23.6 Å². The van der Waals surface area contributed by atoms with E-state index in [1.165, 1.54) is 18.6 Å². The van der Waals surface area contributed by atoms with Gasteiger partial charge in [0.05, 0.1) is 11.7 Å². The summed E-state index contributed by atoms with van der Waals surface area (Å²) in [5.74, 6) is 2.38. The van der Waals surface area contributed by atoms with Crippen LogP contribution in [0.5, 0.6) is 17.4 Å². The number of aromatic nitrogens is 5. The van der Waals surface area contributed by atoms with Crippen molar-refractivity contribution >= 4 is 22.5 Å². The molecule has 1 aromatic carbocycles. The first-order chi connectivity index (χ1) is 12.2. The van der Waals surface area contributed by atoms with Gasteiger partial charge in [-0.2, -0.15) is 5.10 Å². The lowest BCUT2D eigenvalue weighted by Gasteiger charge is -2.09. The van der Waals surface area contributed by atoms with Gasteiger partial charge in [-0.15, -0.1) is 0 Å². The molecule has 0 aliphatic rings. The van der Waals surface area contributed by atoms with Crippen molar-refractivity contribution in [2.45, 2.75) is 0 Å². The number of hydrogen-bond acceptors (Lipinski definition) is 7. The maximum absolute atomic E-state index is 9.29. The highest BCUT2D eigenvalue weighted by atomic mass is 16.5. The molecule has 0 aliphatic carbocycles. The minimum Gasteiger partial charge on any atom is -0.506 e.